The van der Waals surface area contributed by atoms with Crippen LogP contribution >= 0.6 is 11.6 Å². The number of nitrogens with one attached hydrogen (secondary N) is 1. The van der Waals surface area contributed by atoms with Crippen molar-refractivity contribution in [1.29, 1.82) is 0 Å². The quantitative estimate of drug-likeness (QED) is 0.534. The monoisotopic (exact) mass is 492 g/mol. The molecule has 2 aliphatic heterocycles. The molecule has 3 aromatic rings. The predicted octanol–water partition coefficient (Wildman–Crippen LogP) is 3.62. The van der Waals surface area contributed by atoms with Gasteiger partial charge in [0.15, 0.2) is 0 Å². The fourth-order valence-corrected chi connectivity index (χ4v) is 5.23. The number of carbonyl (C=O) groups excluding carboxylic acids is 2. The van der Waals surface area contributed by atoms with E-state index in [9.17, 15) is 9.59 Å². The summed E-state index contributed by atoms with van der Waals surface area (Å²) in [6.07, 6.45) is 1.30. The Hall–Kier alpha value is -3.29. The average molecular weight is 493 g/mol. The number of para-hydroxylation sites is 1. The van der Waals surface area contributed by atoms with Gasteiger partial charge < -0.3 is 24.4 Å². The maximum absolute atomic E-state index is 13.0. The van der Waals surface area contributed by atoms with Crippen molar-refractivity contribution >= 4 is 40.0 Å². The van der Waals surface area contributed by atoms with Crippen molar-refractivity contribution in [1.82, 2.24) is 14.8 Å². The summed E-state index contributed by atoms with van der Waals surface area (Å²) in [6.45, 7) is 9.87. The molecule has 0 aliphatic carbocycles. The number of benzene rings is 2. The minimum Gasteiger partial charge on any atom is -0.378 e. The van der Waals surface area contributed by atoms with Gasteiger partial charge in [0, 0.05) is 64.6 Å². The predicted molar refractivity (Wildman–Crippen MR) is 139 cm³/mol. The van der Waals surface area contributed by atoms with Gasteiger partial charge in [-0.3, -0.25) is 9.59 Å². The third-order valence-corrected chi connectivity index (χ3v) is 7.08. The van der Waals surface area contributed by atoms with E-state index in [-0.39, 0.29) is 24.4 Å². The Morgan fingerprint density at radius 2 is 1.91 bits per heavy atom. The van der Waals surface area contributed by atoms with Crippen LogP contribution in [0.5, 0.6) is 0 Å². The number of hydrogen-bond acceptors (Lipinski definition) is 4. The van der Waals surface area contributed by atoms with E-state index in [4.69, 9.17) is 16.3 Å². The van der Waals surface area contributed by atoms with Crippen molar-refractivity contribution in [2.45, 2.75) is 19.5 Å². The van der Waals surface area contributed by atoms with E-state index in [1.54, 1.807) is 4.90 Å². The van der Waals surface area contributed by atoms with Crippen LogP contribution in [0.15, 0.2) is 55.1 Å². The summed E-state index contributed by atoms with van der Waals surface area (Å²) in [4.78, 5) is 28.7. The van der Waals surface area contributed by atoms with Crippen LogP contribution in [0.2, 0.25) is 5.02 Å². The molecule has 0 spiro atoms. The number of nitrogens with zero attached hydrogens (tertiary/aromatic N) is 3. The van der Waals surface area contributed by atoms with E-state index >= 15 is 0 Å². The molecule has 0 unspecified atom stereocenters. The summed E-state index contributed by atoms with van der Waals surface area (Å²) < 4.78 is 7.62. The number of anilines is 1. The largest absolute Gasteiger partial charge is 0.378 e. The summed E-state index contributed by atoms with van der Waals surface area (Å²) in [5, 5.41) is 4.73. The van der Waals surface area contributed by atoms with Crippen molar-refractivity contribution < 1.29 is 14.3 Å². The third-order valence-electron chi connectivity index (χ3n) is 6.85. The van der Waals surface area contributed by atoms with E-state index in [1.807, 2.05) is 24.3 Å². The summed E-state index contributed by atoms with van der Waals surface area (Å²) >= 11 is 6.43. The molecule has 0 bridgehead atoms. The second-order valence-electron chi connectivity index (χ2n) is 9.04. The van der Waals surface area contributed by atoms with Crippen LogP contribution in [0.1, 0.15) is 5.69 Å². The number of fused-ring (bicyclic) bond motifs is 1. The molecule has 1 N–H and O–H groups in total. The number of likely N-dealkylation sites (tertiary alicyclic amines) is 1. The SMILES string of the molecule is C=CC(=O)N1CC(NC(=O)Cn2c(C)c(-c3ccccc3N3CCOCC3)c3cc(Cl)ccc32)C1. The van der Waals surface area contributed by atoms with E-state index in [1.165, 1.54) is 6.08 Å². The van der Waals surface area contributed by atoms with Crippen molar-refractivity contribution in [2.75, 3.05) is 44.3 Å². The van der Waals surface area contributed by atoms with Gasteiger partial charge in [-0.1, -0.05) is 36.4 Å². The molecule has 2 saturated heterocycles. The minimum atomic E-state index is -0.108. The first-order valence-electron chi connectivity index (χ1n) is 11.9. The lowest BCUT2D eigenvalue weighted by atomic mass is 9.99. The van der Waals surface area contributed by atoms with Gasteiger partial charge in [-0.15, -0.1) is 0 Å². The molecular formula is C27H29ClN4O3. The number of carbonyl (C=O) groups is 2. The van der Waals surface area contributed by atoms with Gasteiger partial charge in [0.1, 0.15) is 6.54 Å². The van der Waals surface area contributed by atoms with Crippen molar-refractivity contribution in [2.24, 2.45) is 0 Å². The van der Waals surface area contributed by atoms with Crippen LogP contribution in [0.4, 0.5) is 5.69 Å². The van der Waals surface area contributed by atoms with Crippen LogP contribution < -0.4 is 10.2 Å². The summed E-state index contributed by atoms with van der Waals surface area (Å²) in [6, 6.07) is 14.2. The number of rotatable bonds is 6. The molecule has 35 heavy (non-hydrogen) atoms. The van der Waals surface area contributed by atoms with Gasteiger partial charge in [0.05, 0.1) is 19.3 Å². The molecule has 0 radical (unpaired) electrons. The first kappa shape index (κ1) is 23.5. The second kappa shape index (κ2) is 9.76. The molecule has 2 aliphatic rings. The van der Waals surface area contributed by atoms with E-state index in [0.717, 1.165) is 46.5 Å². The molecule has 2 fully saturated rings. The average Bonchev–Trinajstić information content (AvgIpc) is 3.11. The number of amides is 2. The lowest BCUT2D eigenvalue weighted by Gasteiger charge is -2.38. The zero-order valence-corrected chi connectivity index (χ0v) is 20.6. The standard InChI is InChI=1S/C27H29ClN4O3/c1-3-26(34)31-15-20(16-31)29-25(33)17-32-18(2)27(22-14-19(28)8-9-24(22)32)21-6-4-5-7-23(21)30-10-12-35-13-11-30/h3-9,14,20H,1,10-13,15-17H2,2H3,(H,29,33). The highest BCUT2D eigenvalue weighted by molar-refractivity contribution is 6.31. The van der Waals surface area contributed by atoms with Gasteiger partial charge in [0.2, 0.25) is 11.8 Å². The van der Waals surface area contributed by atoms with Gasteiger partial charge in [0.25, 0.3) is 0 Å². The minimum absolute atomic E-state index is 0.0375. The Bertz CT molecular complexity index is 1290. The van der Waals surface area contributed by atoms with Crippen LogP contribution in [0.25, 0.3) is 22.0 Å². The Morgan fingerprint density at radius 1 is 1.17 bits per heavy atom. The van der Waals surface area contributed by atoms with E-state index < -0.39 is 0 Å². The topological polar surface area (TPSA) is 66.8 Å². The van der Waals surface area contributed by atoms with Gasteiger partial charge in [-0.05, 0) is 37.3 Å². The Labute approximate surface area is 209 Å². The van der Waals surface area contributed by atoms with Crippen LogP contribution in [-0.4, -0.2) is 66.7 Å². The molecule has 7 nitrogen and oxygen atoms in total. The maximum Gasteiger partial charge on any atom is 0.246 e. The highest BCUT2D eigenvalue weighted by atomic mass is 35.5. The number of hydrogen-bond donors (Lipinski definition) is 1. The lowest BCUT2D eigenvalue weighted by molar-refractivity contribution is -0.133. The van der Waals surface area contributed by atoms with E-state index in [0.29, 0.717) is 31.3 Å². The van der Waals surface area contributed by atoms with Crippen LogP contribution in [0.3, 0.4) is 0 Å². The molecular weight excluding hydrogens is 464 g/mol. The fourth-order valence-electron chi connectivity index (χ4n) is 5.06. The van der Waals surface area contributed by atoms with Gasteiger partial charge >= 0.3 is 0 Å². The Morgan fingerprint density at radius 3 is 2.66 bits per heavy atom. The highest BCUT2D eigenvalue weighted by Gasteiger charge is 2.30. The molecule has 182 valence electrons. The zero-order valence-electron chi connectivity index (χ0n) is 19.8. The molecule has 8 heteroatoms. The molecule has 1 aromatic heterocycles. The zero-order chi connectivity index (χ0) is 24.5. The number of aromatic nitrogens is 1. The van der Waals surface area contributed by atoms with Crippen LogP contribution in [-0.2, 0) is 20.9 Å². The first-order chi connectivity index (χ1) is 17.0. The maximum atomic E-state index is 13.0. The first-order valence-corrected chi connectivity index (χ1v) is 12.2. The fraction of sp³-hybridized carbons (Fsp3) is 0.333. The van der Waals surface area contributed by atoms with Crippen molar-refractivity contribution in [3.8, 4) is 11.1 Å². The van der Waals surface area contributed by atoms with Gasteiger partial charge in [-0.2, -0.15) is 0 Å². The summed E-state index contributed by atoms with van der Waals surface area (Å²) in [5.74, 6) is -0.188. The second-order valence-corrected chi connectivity index (χ2v) is 9.47. The van der Waals surface area contributed by atoms with Crippen LogP contribution in [0, 0.1) is 6.92 Å². The number of ether oxygens (including phenoxy) is 1. The Balaban J connectivity index is 1.47. The third kappa shape index (κ3) is 4.54. The smallest absolute Gasteiger partial charge is 0.246 e. The molecule has 5 rings (SSSR count). The van der Waals surface area contributed by atoms with E-state index in [2.05, 4.69) is 46.5 Å². The molecule has 2 amide bonds. The number of halogens is 1. The normalized spacial score (nSPS) is 16.3. The van der Waals surface area contributed by atoms with Gasteiger partial charge in [-0.25, -0.2) is 0 Å². The Kier molecular flexibility index (Phi) is 6.54. The van der Waals surface area contributed by atoms with Crippen molar-refractivity contribution in [3.05, 3.63) is 65.8 Å². The lowest BCUT2D eigenvalue weighted by Crippen LogP contribution is -2.61. The highest BCUT2D eigenvalue weighted by Crippen LogP contribution is 2.40. The van der Waals surface area contributed by atoms with Crippen molar-refractivity contribution in [3.63, 3.8) is 0 Å². The molecule has 3 heterocycles. The molecule has 0 atom stereocenters. The molecule has 0 saturated carbocycles. The summed E-state index contributed by atoms with van der Waals surface area (Å²) in [7, 11) is 0. The number of morpholine rings is 1. The summed E-state index contributed by atoms with van der Waals surface area (Å²) in [5.41, 5.74) is 5.34. The molecule has 2 aromatic carbocycles.